The number of rotatable bonds is 6. The molecule has 0 amide bonds. The molecule has 0 bridgehead atoms. The number of aryl methyl sites for hydroxylation is 2. The van der Waals surface area contributed by atoms with Crippen molar-refractivity contribution in [2.75, 3.05) is 0 Å². The SMILES string of the molecule is CC(=O)[O-].CC(=O)[O-].Cc1cc(-c2ccccc2)cc(C=Nc2ccc(N=Cc3cc(-c4ccccc4)cc(C)c3O)cc2)c1O.[Co+2]. The fraction of sp³-hybridized carbons (Fsp3) is 0.105. The normalized spacial score (nSPS) is 10.3. The second-order valence-electron chi connectivity index (χ2n) is 10.2. The number of carboxylic acid groups (broad SMARTS) is 2. The molecule has 0 aliphatic carbocycles. The number of benzene rings is 5. The number of nitrogens with zero attached hydrogens (tertiary/aromatic N) is 2. The predicted octanol–water partition coefficient (Wildman–Crippen LogP) is 6.06. The van der Waals surface area contributed by atoms with E-state index in [-0.39, 0.29) is 28.3 Å². The molecule has 2 N–H and O–H groups in total. The Morgan fingerprint density at radius 2 is 0.851 bits per heavy atom. The van der Waals surface area contributed by atoms with Gasteiger partial charge in [0.05, 0.1) is 11.4 Å². The van der Waals surface area contributed by atoms with E-state index in [2.05, 4.69) is 9.98 Å². The van der Waals surface area contributed by atoms with E-state index in [0.717, 1.165) is 58.6 Å². The summed E-state index contributed by atoms with van der Waals surface area (Å²) in [6.07, 6.45) is 3.37. The van der Waals surface area contributed by atoms with E-state index in [1.54, 1.807) is 12.4 Å². The Hall–Kier alpha value is -5.51. The fourth-order valence-electron chi connectivity index (χ4n) is 4.32. The first-order valence-electron chi connectivity index (χ1n) is 14.3. The number of carboxylic acids is 2. The van der Waals surface area contributed by atoms with E-state index >= 15 is 0 Å². The summed E-state index contributed by atoms with van der Waals surface area (Å²) in [5.74, 6) is -1.72. The van der Waals surface area contributed by atoms with E-state index in [9.17, 15) is 10.2 Å². The predicted molar refractivity (Wildman–Crippen MR) is 179 cm³/mol. The van der Waals surface area contributed by atoms with Gasteiger partial charge in [-0.25, -0.2) is 0 Å². The van der Waals surface area contributed by atoms with Crippen molar-refractivity contribution in [1.82, 2.24) is 0 Å². The van der Waals surface area contributed by atoms with Crippen molar-refractivity contribution in [3.05, 3.63) is 131 Å². The summed E-state index contributed by atoms with van der Waals surface area (Å²) in [6, 6.07) is 35.5. The Balaban J connectivity index is 0.000000769. The van der Waals surface area contributed by atoms with Crippen LogP contribution in [0.1, 0.15) is 36.1 Å². The summed E-state index contributed by atoms with van der Waals surface area (Å²) in [4.78, 5) is 26.9. The molecule has 0 atom stereocenters. The molecule has 0 aliphatic heterocycles. The Labute approximate surface area is 284 Å². The number of aliphatic imine (C=N–C) groups is 2. The van der Waals surface area contributed by atoms with E-state index in [1.165, 1.54) is 0 Å². The van der Waals surface area contributed by atoms with Crippen LogP contribution >= 0.6 is 0 Å². The van der Waals surface area contributed by atoms with E-state index in [4.69, 9.17) is 19.8 Å². The molecule has 0 fully saturated rings. The van der Waals surface area contributed by atoms with Gasteiger partial charge < -0.3 is 30.0 Å². The van der Waals surface area contributed by atoms with Crippen molar-refractivity contribution in [1.29, 1.82) is 0 Å². The number of hydrogen-bond donors (Lipinski definition) is 2. The topological polar surface area (TPSA) is 145 Å². The number of carbonyl (C=O) groups is 2. The Kier molecular flexibility index (Phi) is 14.8. The zero-order valence-corrected chi connectivity index (χ0v) is 27.3. The molecule has 0 saturated heterocycles. The summed E-state index contributed by atoms with van der Waals surface area (Å²) >= 11 is 0. The van der Waals surface area contributed by atoms with Gasteiger partial charge in [0.2, 0.25) is 0 Å². The summed E-state index contributed by atoms with van der Waals surface area (Å²) in [5, 5.41) is 38.9. The minimum absolute atomic E-state index is 0. The summed E-state index contributed by atoms with van der Waals surface area (Å²) in [5.41, 5.74) is 8.64. The zero-order chi connectivity index (χ0) is 33.6. The van der Waals surface area contributed by atoms with Gasteiger partial charge in [0.1, 0.15) is 11.5 Å². The second-order valence-corrected chi connectivity index (χ2v) is 10.2. The van der Waals surface area contributed by atoms with Crippen LogP contribution < -0.4 is 10.2 Å². The van der Waals surface area contributed by atoms with Crippen LogP contribution in [0.4, 0.5) is 11.4 Å². The largest absolute Gasteiger partial charge is 2.00 e. The third kappa shape index (κ3) is 12.1. The Bertz CT molecular complexity index is 1690. The van der Waals surface area contributed by atoms with E-state index < -0.39 is 11.9 Å². The molecule has 5 rings (SSSR count). The average molecular weight is 674 g/mol. The summed E-state index contributed by atoms with van der Waals surface area (Å²) in [7, 11) is 0. The van der Waals surface area contributed by atoms with Crippen LogP contribution in [0.25, 0.3) is 22.3 Å². The van der Waals surface area contributed by atoms with Crippen molar-refractivity contribution < 1.29 is 46.8 Å². The molecule has 0 aliphatic rings. The first-order valence-corrected chi connectivity index (χ1v) is 14.3. The van der Waals surface area contributed by atoms with Gasteiger partial charge in [-0.2, -0.15) is 0 Å². The molecule has 5 aromatic carbocycles. The molecule has 0 spiro atoms. The van der Waals surface area contributed by atoms with Crippen molar-refractivity contribution in [2.24, 2.45) is 9.98 Å². The van der Waals surface area contributed by atoms with E-state index in [0.29, 0.717) is 11.1 Å². The molecule has 9 heteroatoms. The van der Waals surface area contributed by atoms with Gasteiger partial charge in [0, 0.05) is 35.5 Å². The Morgan fingerprint density at radius 3 is 1.15 bits per heavy atom. The summed E-state index contributed by atoms with van der Waals surface area (Å²) < 4.78 is 0. The monoisotopic (exact) mass is 673 g/mol. The number of aliphatic carboxylic acids is 2. The van der Waals surface area contributed by atoms with Crippen LogP contribution in [0, 0.1) is 13.8 Å². The molecule has 1 radical (unpaired) electrons. The third-order valence-electron chi connectivity index (χ3n) is 6.43. The van der Waals surface area contributed by atoms with Crippen LogP contribution in [0.3, 0.4) is 0 Å². The van der Waals surface area contributed by atoms with Crippen LogP contribution in [0.2, 0.25) is 0 Å². The number of carbonyl (C=O) groups excluding carboxylic acids is 2. The fourth-order valence-corrected chi connectivity index (χ4v) is 4.32. The van der Waals surface area contributed by atoms with Gasteiger partial charge >= 0.3 is 16.8 Å². The molecule has 0 saturated carbocycles. The standard InChI is InChI=1S/C34H28N2O2.2C2H4O2.Co/c1-23-17-27(25-9-5-3-6-10-25)19-29(33(23)37)21-35-31-13-15-32(16-14-31)36-22-30-20-28(18-24(2)34(30)38)26-11-7-4-8-12-26;2*1-2(3)4;/h3-22,37-38H,1-2H3;2*1H3,(H,3,4);/q;;;+2/p-2. The molecular weight excluding hydrogens is 639 g/mol. The van der Waals surface area contributed by atoms with Crippen LogP contribution in [-0.2, 0) is 26.4 Å². The first kappa shape index (κ1) is 37.7. The third-order valence-corrected chi connectivity index (χ3v) is 6.43. The molecule has 47 heavy (non-hydrogen) atoms. The van der Waals surface area contributed by atoms with Gasteiger partial charge in [-0.3, -0.25) is 9.98 Å². The molecule has 5 aromatic rings. The number of aromatic hydroxyl groups is 2. The van der Waals surface area contributed by atoms with Gasteiger partial charge in [-0.1, -0.05) is 60.7 Å². The van der Waals surface area contributed by atoms with Crippen LogP contribution in [0.15, 0.2) is 119 Å². The van der Waals surface area contributed by atoms with Crippen LogP contribution in [0.5, 0.6) is 11.5 Å². The minimum atomic E-state index is -1.08. The quantitative estimate of drug-likeness (QED) is 0.210. The molecular formula is C38H34CoN2O6. The van der Waals surface area contributed by atoms with Gasteiger partial charge in [-0.05, 0) is 110 Å². The van der Waals surface area contributed by atoms with Crippen molar-refractivity contribution in [3.8, 4) is 33.8 Å². The van der Waals surface area contributed by atoms with Gasteiger partial charge in [-0.15, -0.1) is 0 Å². The van der Waals surface area contributed by atoms with Gasteiger partial charge in [0.25, 0.3) is 0 Å². The molecule has 241 valence electrons. The minimum Gasteiger partial charge on any atom is -0.550 e. The molecule has 0 unspecified atom stereocenters. The number of phenols is 2. The van der Waals surface area contributed by atoms with Crippen molar-refractivity contribution in [3.63, 3.8) is 0 Å². The van der Waals surface area contributed by atoms with Crippen LogP contribution in [-0.4, -0.2) is 34.6 Å². The summed E-state index contributed by atoms with van der Waals surface area (Å²) in [6.45, 7) is 5.72. The maximum atomic E-state index is 10.6. The molecule has 8 nitrogen and oxygen atoms in total. The van der Waals surface area contributed by atoms with Gasteiger partial charge in [0.15, 0.2) is 0 Å². The first-order chi connectivity index (χ1) is 21.9. The number of hydrogen-bond acceptors (Lipinski definition) is 8. The second kappa shape index (κ2) is 18.5. The molecule has 0 aromatic heterocycles. The maximum absolute atomic E-state index is 10.6. The van der Waals surface area contributed by atoms with Crippen molar-refractivity contribution in [2.45, 2.75) is 27.7 Å². The maximum Gasteiger partial charge on any atom is 2.00 e. The zero-order valence-electron chi connectivity index (χ0n) is 26.3. The molecule has 0 heterocycles. The average Bonchev–Trinajstić information content (AvgIpc) is 3.03. The van der Waals surface area contributed by atoms with Crippen molar-refractivity contribution >= 4 is 35.7 Å². The van der Waals surface area contributed by atoms with E-state index in [1.807, 2.05) is 123 Å². The smallest absolute Gasteiger partial charge is 0.550 e. The number of phenolic OH excluding ortho intramolecular Hbond substituents is 2. The Morgan fingerprint density at radius 1 is 0.553 bits per heavy atom.